The van der Waals surface area contributed by atoms with E-state index in [9.17, 15) is 10.1 Å². The third-order valence-electron chi connectivity index (χ3n) is 2.64. The first-order chi connectivity index (χ1) is 9.51. The molecule has 0 N–H and O–H groups in total. The highest BCUT2D eigenvalue weighted by atomic mass is 79.9. The molecule has 6 heteroatoms. The van der Waals surface area contributed by atoms with E-state index in [-0.39, 0.29) is 11.4 Å². The summed E-state index contributed by atoms with van der Waals surface area (Å²) >= 11 is 3.34. The molecule has 0 aliphatic heterocycles. The molecule has 2 rings (SSSR count). The SMILES string of the molecule is Cc1cc(Br)ccc1Oc1cc(C#N)ccc1[N+](=O)[O-]. The zero-order valence-corrected chi connectivity index (χ0v) is 12.0. The van der Waals surface area contributed by atoms with Gasteiger partial charge in [0.25, 0.3) is 0 Å². The van der Waals surface area contributed by atoms with Gasteiger partial charge < -0.3 is 4.74 Å². The monoisotopic (exact) mass is 332 g/mol. The van der Waals surface area contributed by atoms with Gasteiger partial charge in [0.05, 0.1) is 16.6 Å². The smallest absolute Gasteiger partial charge is 0.311 e. The summed E-state index contributed by atoms with van der Waals surface area (Å²) in [4.78, 5) is 10.4. The molecule has 0 saturated carbocycles. The Morgan fingerprint density at radius 1 is 1.25 bits per heavy atom. The third-order valence-corrected chi connectivity index (χ3v) is 3.14. The van der Waals surface area contributed by atoms with Gasteiger partial charge >= 0.3 is 5.69 Å². The molecule has 0 unspecified atom stereocenters. The molecule has 0 radical (unpaired) electrons. The number of halogens is 1. The van der Waals surface area contributed by atoms with Crippen LogP contribution in [0.25, 0.3) is 0 Å². The first-order valence-electron chi connectivity index (χ1n) is 5.64. The molecule has 0 aliphatic rings. The van der Waals surface area contributed by atoms with Crippen molar-refractivity contribution in [2.45, 2.75) is 6.92 Å². The number of hydrogen-bond donors (Lipinski definition) is 0. The Morgan fingerprint density at radius 3 is 2.60 bits per heavy atom. The maximum absolute atomic E-state index is 11.0. The Balaban J connectivity index is 2.46. The van der Waals surface area contributed by atoms with E-state index in [1.165, 1.54) is 18.2 Å². The molecule has 0 aliphatic carbocycles. The molecule has 0 amide bonds. The maximum Gasteiger partial charge on any atom is 0.311 e. The van der Waals surface area contributed by atoms with Crippen LogP contribution in [0.4, 0.5) is 5.69 Å². The summed E-state index contributed by atoms with van der Waals surface area (Å²) in [6, 6.07) is 11.3. The Hall–Kier alpha value is -2.39. The van der Waals surface area contributed by atoms with Crippen molar-refractivity contribution < 1.29 is 9.66 Å². The molecule has 0 bridgehead atoms. The molecular formula is C14H9BrN2O3. The summed E-state index contributed by atoms with van der Waals surface area (Å²) < 4.78 is 6.48. The van der Waals surface area contributed by atoms with Gasteiger partial charge in [0.15, 0.2) is 0 Å². The van der Waals surface area contributed by atoms with Gasteiger partial charge in [0.2, 0.25) is 5.75 Å². The van der Waals surface area contributed by atoms with Crippen molar-refractivity contribution in [1.29, 1.82) is 5.26 Å². The largest absolute Gasteiger partial charge is 0.450 e. The molecule has 2 aromatic rings. The van der Waals surface area contributed by atoms with Gasteiger partial charge in [0.1, 0.15) is 5.75 Å². The number of nitriles is 1. The highest BCUT2D eigenvalue weighted by Crippen LogP contribution is 2.34. The quantitative estimate of drug-likeness (QED) is 0.619. The molecule has 0 fully saturated rings. The number of nitro groups is 1. The van der Waals surface area contributed by atoms with Gasteiger partial charge in [0, 0.05) is 16.6 Å². The van der Waals surface area contributed by atoms with Gasteiger partial charge in [-0.3, -0.25) is 10.1 Å². The van der Waals surface area contributed by atoms with Gasteiger partial charge in [-0.25, -0.2) is 0 Å². The average molecular weight is 333 g/mol. The van der Waals surface area contributed by atoms with E-state index in [0.717, 1.165) is 10.0 Å². The molecule has 0 spiro atoms. The van der Waals surface area contributed by atoms with Crippen LogP contribution in [0.1, 0.15) is 11.1 Å². The van der Waals surface area contributed by atoms with Crippen LogP contribution >= 0.6 is 15.9 Å². The summed E-state index contributed by atoms with van der Waals surface area (Å²) in [7, 11) is 0. The van der Waals surface area contributed by atoms with E-state index in [1.54, 1.807) is 12.1 Å². The minimum atomic E-state index is -0.537. The lowest BCUT2D eigenvalue weighted by atomic mass is 10.2. The third kappa shape index (κ3) is 2.95. The average Bonchev–Trinajstić information content (AvgIpc) is 2.41. The highest BCUT2D eigenvalue weighted by molar-refractivity contribution is 9.10. The zero-order valence-electron chi connectivity index (χ0n) is 10.5. The predicted molar refractivity (Wildman–Crippen MR) is 76.8 cm³/mol. The Morgan fingerprint density at radius 2 is 2.00 bits per heavy atom. The maximum atomic E-state index is 11.0. The molecule has 0 saturated heterocycles. The van der Waals surface area contributed by atoms with Crippen LogP contribution in [-0.4, -0.2) is 4.92 Å². The summed E-state index contributed by atoms with van der Waals surface area (Å²) in [6.07, 6.45) is 0. The van der Waals surface area contributed by atoms with E-state index in [0.29, 0.717) is 11.3 Å². The van der Waals surface area contributed by atoms with Crippen molar-refractivity contribution in [1.82, 2.24) is 0 Å². The molecule has 5 nitrogen and oxygen atoms in total. The highest BCUT2D eigenvalue weighted by Gasteiger charge is 2.17. The number of benzene rings is 2. The van der Waals surface area contributed by atoms with Crippen LogP contribution in [0.2, 0.25) is 0 Å². The number of nitrogens with zero attached hydrogens (tertiary/aromatic N) is 2. The first kappa shape index (κ1) is 14.0. The summed E-state index contributed by atoms with van der Waals surface area (Å²) in [5.41, 5.74) is 0.961. The van der Waals surface area contributed by atoms with Crippen LogP contribution in [0.5, 0.6) is 11.5 Å². The van der Waals surface area contributed by atoms with Crippen molar-refractivity contribution in [2.75, 3.05) is 0 Å². The van der Waals surface area contributed by atoms with E-state index in [2.05, 4.69) is 15.9 Å². The fourth-order valence-electron chi connectivity index (χ4n) is 1.66. The van der Waals surface area contributed by atoms with Gasteiger partial charge in [-0.2, -0.15) is 5.26 Å². The Bertz CT molecular complexity index is 723. The lowest BCUT2D eigenvalue weighted by Crippen LogP contribution is -1.95. The van der Waals surface area contributed by atoms with Crippen molar-refractivity contribution in [3.05, 3.63) is 62.1 Å². The van der Waals surface area contributed by atoms with Crippen LogP contribution in [0.15, 0.2) is 40.9 Å². The van der Waals surface area contributed by atoms with Crippen molar-refractivity contribution in [3.8, 4) is 17.6 Å². The number of ether oxygens (including phenoxy) is 1. The predicted octanol–water partition coefficient (Wildman–Crippen LogP) is 4.33. The minimum absolute atomic E-state index is 0.0551. The second-order valence-corrected chi connectivity index (χ2v) is 4.98. The number of rotatable bonds is 3. The van der Waals surface area contributed by atoms with E-state index >= 15 is 0 Å². The van der Waals surface area contributed by atoms with Gasteiger partial charge in [-0.1, -0.05) is 15.9 Å². The van der Waals surface area contributed by atoms with E-state index in [4.69, 9.17) is 10.00 Å². The molecule has 0 atom stereocenters. The fraction of sp³-hybridized carbons (Fsp3) is 0.0714. The fourth-order valence-corrected chi connectivity index (χ4v) is 2.14. The summed E-state index contributed by atoms with van der Waals surface area (Å²) in [6.45, 7) is 1.83. The van der Waals surface area contributed by atoms with Gasteiger partial charge in [-0.15, -0.1) is 0 Å². The number of nitro benzene ring substituents is 1. The molecule has 20 heavy (non-hydrogen) atoms. The van der Waals surface area contributed by atoms with Crippen LogP contribution in [0.3, 0.4) is 0 Å². The summed E-state index contributed by atoms with van der Waals surface area (Å²) in [5.74, 6) is 0.561. The van der Waals surface area contributed by atoms with Crippen molar-refractivity contribution in [3.63, 3.8) is 0 Å². The lowest BCUT2D eigenvalue weighted by molar-refractivity contribution is -0.385. The molecule has 100 valence electrons. The Kier molecular flexibility index (Phi) is 4.01. The van der Waals surface area contributed by atoms with Crippen molar-refractivity contribution in [2.24, 2.45) is 0 Å². The van der Waals surface area contributed by atoms with Crippen LogP contribution in [-0.2, 0) is 0 Å². The second-order valence-electron chi connectivity index (χ2n) is 4.06. The molecule has 0 aromatic heterocycles. The minimum Gasteiger partial charge on any atom is -0.450 e. The van der Waals surface area contributed by atoms with Crippen LogP contribution in [0, 0.1) is 28.4 Å². The van der Waals surface area contributed by atoms with E-state index < -0.39 is 4.92 Å². The zero-order chi connectivity index (χ0) is 14.7. The molecular weight excluding hydrogens is 324 g/mol. The number of aryl methyl sites for hydroxylation is 1. The normalized spacial score (nSPS) is 9.85. The topological polar surface area (TPSA) is 76.2 Å². The summed E-state index contributed by atoms with van der Waals surface area (Å²) in [5, 5.41) is 19.9. The Labute approximate surface area is 123 Å². The van der Waals surface area contributed by atoms with Gasteiger partial charge in [-0.05, 0) is 36.8 Å². The molecule has 2 aromatic carbocycles. The first-order valence-corrected chi connectivity index (χ1v) is 6.43. The van der Waals surface area contributed by atoms with Crippen molar-refractivity contribution >= 4 is 21.6 Å². The second kappa shape index (κ2) is 5.72. The molecule has 0 heterocycles. The van der Waals surface area contributed by atoms with Crippen LogP contribution < -0.4 is 4.74 Å². The lowest BCUT2D eigenvalue weighted by Gasteiger charge is -2.09. The van der Waals surface area contributed by atoms with E-state index in [1.807, 2.05) is 19.1 Å². The number of hydrogen-bond acceptors (Lipinski definition) is 4. The standard InChI is InChI=1S/C14H9BrN2O3/c1-9-6-11(15)3-5-13(9)20-14-7-10(8-16)2-4-12(14)17(18)19/h2-7H,1H3.